The number of benzene rings is 2. The number of anilines is 2. The highest BCUT2D eigenvalue weighted by Gasteiger charge is 2.27. The second-order valence-electron chi connectivity index (χ2n) is 8.45. The first-order valence-corrected chi connectivity index (χ1v) is 11.7. The van der Waals surface area contributed by atoms with Crippen LogP contribution in [0.25, 0.3) is 0 Å². The number of hydrogen-bond acceptors (Lipinski definition) is 5. The number of hydrogen-bond donors (Lipinski definition) is 2. The van der Waals surface area contributed by atoms with E-state index in [1.807, 2.05) is 6.07 Å². The van der Waals surface area contributed by atoms with Gasteiger partial charge in [0.1, 0.15) is 16.7 Å². The van der Waals surface area contributed by atoms with E-state index in [4.69, 9.17) is 4.99 Å². The Morgan fingerprint density at radius 3 is 2.94 bits per heavy atom. The van der Waals surface area contributed by atoms with E-state index in [1.54, 1.807) is 23.5 Å². The molecule has 0 amide bonds. The van der Waals surface area contributed by atoms with Gasteiger partial charge in [-0.15, -0.1) is 11.3 Å². The Balaban J connectivity index is 1.40. The molecule has 160 valence electrons. The summed E-state index contributed by atoms with van der Waals surface area (Å²) in [7, 11) is 0. The molecular formula is C25H27FN4S. The summed E-state index contributed by atoms with van der Waals surface area (Å²) in [4.78, 5) is 8.84. The lowest BCUT2D eigenvalue weighted by Gasteiger charge is -2.36. The number of amidine groups is 1. The fourth-order valence-corrected chi connectivity index (χ4v) is 5.32. The van der Waals surface area contributed by atoms with Crippen LogP contribution in [-0.4, -0.2) is 36.4 Å². The Hall–Kier alpha value is -2.70. The first-order chi connectivity index (χ1) is 15.0. The van der Waals surface area contributed by atoms with Crippen LogP contribution in [0, 0.1) is 19.7 Å². The third-order valence-electron chi connectivity index (χ3n) is 5.95. The molecule has 2 aliphatic heterocycles. The normalized spacial score (nSPS) is 18.0. The summed E-state index contributed by atoms with van der Waals surface area (Å²) in [6.45, 7) is 6.98. The van der Waals surface area contributed by atoms with E-state index in [9.17, 15) is 4.39 Å². The molecule has 1 saturated heterocycles. The minimum Gasteiger partial charge on any atom is -0.353 e. The molecule has 1 atom stereocenters. The number of thiophene rings is 1. The van der Waals surface area contributed by atoms with Gasteiger partial charge >= 0.3 is 0 Å². The molecule has 2 aliphatic rings. The molecule has 31 heavy (non-hydrogen) atoms. The average Bonchev–Trinajstić information content (AvgIpc) is 3.05. The monoisotopic (exact) mass is 434 g/mol. The summed E-state index contributed by atoms with van der Waals surface area (Å²) in [6, 6.07) is 15.9. The molecule has 4 nitrogen and oxygen atoms in total. The van der Waals surface area contributed by atoms with E-state index in [2.05, 4.69) is 53.6 Å². The maximum absolute atomic E-state index is 13.5. The van der Waals surface area contributed by atoms with Gasteiger partial charge in [0.2, 0.25) is 0 Å². The summed E-state index contributed by atoms with van der Waals surface area (Å²) in [5, 5.41) is 8.41. The summed E-state index contributed by atoms with van der Waals surface area (Å²) in [6.07, 6.45) is 1.83. The molecular weight excluding hydrogens is 407 g/mol. The summed E-state index contributed by atoms with van der Waals surface area (Å²) < 4.78 is 13.5. The van der Waals surface area contributed by atoms with E-state index in [0.717, 1.165) is 60.3 Å². The molecule has 0 bridgehead atoms. The second-order valence-corrected chi connectivity index (χ2v) is 9.70. The number of aryl methyl sites for hydroxylation is 3. The molecule has 3 aromatic rings. The van der Waals surface area contributed by atoms with Crippen molar-refractivity contribution in [2.75, 3.05) is 25.0 Å². The Morgan fingerprint density at radius 2 is 2.06 bits per heavy atom. The zero-order valence-electron chi connectivity index (χ0n) is 17.9. The Labute approximate surface area is 186 Å². The van der Waals surface area contributed by atoms with E-state index in [1.165, 1.54) is 22.1 Å². The predicted molar refractivity (Wildman–Crippen MR) is 128 cm³/mol. The van der Waals surface area contributed by atoms with Gasteiger partial charge in [0.05, 0.1) is 16.9 Å². The van der Waals surface area contributed by atoms with E-state index in [-0.39, 0.29) is 5.82 Å². The molecule has 2 aromatic carbocycles. The summed E-state index contributed by atoms with van der Waals surface area (Å²) in [5.41, 5.74) is 5.49. The number of piperazine rings is 1. The highest BCUT2D eigenvalue weighted by atomic mass is 32.1. The Bertz CT molecular complexity index is 1140. The maximum atomic E-state index is 13.5. The van der Waals surface area contributed by atoms with Crippen LogP contribution in [-0.2, 0) is 6.42 Å². The van der Waals surface area contributed by atoms with Crippen molar-refractivity contribution in [2.24, 2.45) is 4.99 Å². The number of nitrogens with one attached hydrogen (secondary N) is 2. The largest absolute Gasteiger partial charge is 0.353 e. The molecule has 1 fully saturated rings. The van der Waals surface area contributed by atoms with Crippen molar-refractivity contribution in [3.8, 4) is 0 Å². The molecule has 3 heterocycles. The van der Waals surface area contributed by atoms with Gasteiger partial charge < -0.3 is 15.5 Å². The molecule has 0 spiro atoms. The van der Waals surface area contributed by atoms with Crippen LogP contribution in [0.5, 0.6) is 0 Å². The van der Waals surface area contributed by atoms with Gasteiger partial charge in [-0.05, 0) is 68.1 Å². The quantitative estimate of drug-likeness (QED) is 0.568. The minimum atomic E-state index is -0.162. The lowest BCUT2D eigenvalue weighted by Crippen LogP contribution is -2.52. The number of halogens is 1. The van der Waals surface area contributed by atoms with E-state index >= 15 is 0 Å². The van der Waals surface area contributed by atoms with Gasteiger partial charge in [-0.25, -0.2) is 9.38 Å². The standard InChI is InChI=1S/C25H27FN4S/c1-16-6-9-22-23(12-16)28-24(21-13-17(2)31-25(21)29-22)30-11-10-27-20(15-30)8-7-18-4-3-5-19(26)14-18/h3-6,9,12-14,20,27,29H,7-8,10-11,15H2,1-2H3/t20-/m0/s1. The Morgan fingerprint density at radius 1 is 1.16 bits per heavy atom. The lowest BCUT2D eigenvalue weighted by molar-refractivity contribution is 0.282. The fourth-order valence-electron chi connectivity index (χ4n) is 4.40. The van der Waals surface area contributed by atoms with Crippen LogP contribution in [0.15, 0.2) is 53.5 Å². The topological polar surface area (TPSA) is 39.7 Å². The molecule has 5 rings (SSSR count). The SMILES string of the molecule is Cc1ccc2c(c1)N=C(N1CCN[C@@H](CCc3cccc(F)c3)C1)c1cc(C)sc1N2. The van der Waals surface area contributed by atoms with Crippen LogP contribution < -0.4 is 10.6 Å². The van der Waals surface area contributed by atoms with Crippen molar-refractivity contribution in [3.05, 3.63) is 75.9 Å². The predicted octanol–water partition coefficient (Wildman–Crippen LogP) is 5.55. The molecule has 0 aliphatic carbocycles. The van der Waals surface area contributed by atoms with Crippen LogP contribution in [0.3, 0.4) is 0 Å². The second kappa shape index (κ2) is 8.44. The average molecular weight is 435 g/mol. The van der Waals surface area contributed by atoms with Crippen molar-refractivity contribution >= 4 is 33.5 Å². The zero-order chi connectivity index (χ0) is 21.4. The van der Waals surface area contributed by atoms with E-state index < -0.39 is 0 Å². The lowest BCUT2D eigenvalue weighted by atomic mass is 10.0. The third-order valence-corrected chi connectivity index (χ3v) is 6.92. The van der Waals surface area contributed by atoms with Gasteiger partial charge in [-0.2, -0.15) is 0 Å². The van der Waals surface area contributed by atoms with Crippen LogP contribution in [0.1, 0.15) is 28.0 Å². The van der Waals surface area contributed by atoms with Gasteiger partial charge in [-0.3, -0.25) is 0 Å². The van der Waals surface area contributed by atoms with Crippen molar-refractivity contribution in [3.63, 3.8) is 0 Å². The van der Waals surface area contributed by atoms with Crippen molar-refractivity contribution in [2.45, 2.75) is 32.7 Å². The smallest absolute Gasteiger partial charge is 0.139 e. The summed E-state index contributed by atoms with van der Waals surface area (Å²) in [5.74, 6) is 0.888. The fraction of sp³-hybridized carbons (Fsp3) is 0.320. The van der Waals surface area contributed by atoms with Gasteiger partial charge in [-0.1, -0.05) is 18.2 Å². The van der Waals surface area contributed by atoms with Crippen molar-refractivity contribution in [1.29, 1.82) is 0 Å². The molecule has 2 N–H and O–H groups in total. The minimum absolute atomic E-state index is 0.162. The van der Waals surface area contributed by atoms with Crippen molar-refractivity contribution in [1.82, 2.24) is 10.2 Å². The van der Waals surface area contributed by atoms with Gasteiger partial charge in [0, 0.05) is 30.6 Å². The molecule has 1 aromatic heterocycles. The summed E-state index contributed by atoms with van der Waals surface area (Å²) >= 11 is 1.78. The van der Waals surface area contributed by atoms with E-state index in [0.29, 0.717) is 6.04 Å². The maximum Gasteiger partial charge on any atom is 0.139 e. The Kier molecular flexibility index (Phi) is 5.50. The molecule has 0 radical (unpaired) electrons. The first kappa shape index (κ1) is 20.2. The first-order valence-electron chi connectivity index (χ1n) is 10.8. The van der Waals surface area contributed by atoms with Crippen LogP contribution in [0.4, 0.5) is 20.8 Å². The van der Waals surface area contributed by atoms with Crippen LogP contribution in [0.2, 0.25) is 0 Å². The van der Waals surface area contributed by atoms with Crippen LogP contribution >= 0.6 is 11.3 Å². The molecule has 0 unspecified atom stereocenters. The molecule has 0 saturated carbocycles. The van der Waals surface area contributed by atoms with Gasteiger partial charge in [0.25, 0.3) is 0 Å². The number of nitrogens with zero attached hydrogens (tertiary/aromatic N) is 2. The molecule has 6 heteroatoms. The number of rotatable bonds is 3. The van der Waals surface area contributed by atoms with Gasteiger partial charge in [0.15, 0.2) is 0 Å². The number of fused-ring (bicyclic) bond motifs is 2. The zero-order valence-corrected chi connectivity index (χ0v) is 18.7. The number of aliphatic imine (C=N–C) groups is 1. The highest BCUT2D eigenvalue weighted by Crippen LogP contribution is 2.39. The highest BCUT2D eigenvalue weighted by molar-refractivity contribution is 7.16. The third kappa shape index (κ3) is 4.36. The van der Waals surface area contributed by atoms with Crippen molar-refractivity contribution < 1.29 is 4.39 Å².